The van der Waals surface area contributed by atoms with Gasteiger partial charge in [0.05, 0.1) is 11.4 Å². The summed E-state index contributed by atoms with van der Waals surface area (Å²) < 4.78 is 23.0. The first-order chi connectivity index (χ1) is 8.95. The van der Waals surface area contributed by atoms with E-state index in [0.29, 0.717) is 6.04 Å². The first kappa shape index (κ1) is 14.1. The van der Waals surface area contributed by atoms with Gasteiger partial charge in [0.15, 0.2) is 0 Å². The lowest BCUT2D eigenvalue weighted by Gasteiger charge is -2.31. The van der Waals surface area contributed by atoms with Gasteiger partial charge in [-0.25, -0.2) is 13.6 Å². The molecule has 0 heterocycles. The molecule has 0 aromatic heterocycles. The molecule has 19 heavy (non-hydrogen) atoms. The van der Waals surface area contributed by atoms with Gasteiger partial charge in [-0.15, -0.1) is 0 Å². The van der Waals surface area contributed by atoms with E-state index in [1.54, 1.807) is 6.07 Å². The molecule has 1 aromatic rings. The topological polar surface area (TPSA) is 89.4 Å². The van der Waals surface area contributed by atoms with Crippen LogP contribution in [0.15, 0.2) is 23.1 Å². The third-order valence-corrected chi connectivity index (χ3v) is 4.73. The summed E-state index contributed by atoms with van der Waals surface area (Å²) in [7, 11) is -3.77. The highest BCUT2D eigenvalue weighted by atomic mass is 32.2. The Balaban J connectivity index is 2.43. The SMILES string of the molecule is CCN(c1cccc(S(N)(=O)=O)c1N)C1CCCC1. The lowest BCUT2D eigenvalue weighted by molar-refractivity contribution is 0.597. The van der Waals surface area contributed by atoms with E-state index in [1.165, 1.54) is 18.9 Å². The maximum Gasteiger partial charge on any atom is 0.240 e. The molecular formula is C13H21N3O2S. The van der Waals surface area contributed by atoms with Crippen LogP contribution in [-0.4, -0.2) is 21.0 Å². The highest BCUT2D eigenvalue weighted by Gasteiger charge is 2.25. The normalized spacial score (nSPS) is 16.7. The number of para-hydroxylation sites is 1. The van der Waals surface area contributed by atoms with Gasteiger partial charge < -0.3 is 10.6 Å². The fourth-order valence-electron chi connectivity index (χ4n) is 2.87. The Labute approximate surface area is 114 Å². The quantitative estimate of drug-likeness (QED) is 0.823. The molecule has 1 aromatic carbocycles. The minimum atomic E-state index is -3.77. The van der Waals surface area contributed by atoms with Crippen molar-refractivity contribution in [3.63, 3.8) is 0 Å². The van der Waals surface area contributed by atoms with E-state index in [9.17, 15) is 8.42 Å². The number of rotatable bonds is 4. The van der Waals surface area contributed by atoms with Gasteiger partial charge in [-0.05, 0) is 31.9 Å². The number of nitrogens with two attached hydrogens (primary N) is 2. The monoisotopic (exact) mass is 283 g/mol. The summed E-state index contributed by atoms with van der Waals surface area (Å²) in [6.07, 6.45) is 4.70. The average molecular weight is 283 g/mol. The fourth-order valence-corrected chi connectivity index (χ4v) is 3.55. The van der Waals surface area contributed by atoms with Crippen molar-refractivity contribution in [1.29, 1.82) is 0 Å². The van der Waals surface area contributed by atoms with E-state index in [2.05, 4.69) is 11.8 Å². The highest BCUT2D eigenvalue weighted by molar-refractivity contribution is 7.89. The second-order valence-corrected chi connectivity index (χ2v) is 6.49. The predicted molar refractivity (Wildman–Crippen MR) is 77.5 cm³/mol. The Morgan fingerprint density at radius 1 is 1.32 bits per heavy atom. The molecule has 1 fully saturated rings. The number of benzene rings is 1. The summed E-state index contributed by atoms with van der Waals surface area (Å²) >= 11 is 0. The second kappa shape index (κ2) is 5.38. The van der Waals surface area contributed by atoms with E-state index in [1.807, 2.05) is 6.07 Å². The minimum absolute atomic E-state index is 0.0152. The van der Waals surface area contributed by atoms with Crippen molar-refractivity contribution in [3.8, 4) is 0 Å². The molecule has 106 valence electrons. The van der Waals surface area contributed by atoms with Gasteiger partial charge in [0.1, 0.15) is 4.90 Å². The van der Waals surface area contributed by atoms with Crippen molar-refractivity contribution in [2.75, 3.05) is 17.2 Å². The van der Waals surface area contributed by atoms with E-state index in [-0.39, 0.29) is 10.6 Å². The predicted octanol–water partition coefficient (Wildman–Crippen LogP) is 1.69. The molecule has 2 rings (SSSR count). The Morgan fingerprint density at radius 2 is 1.95 bits per heavy atom. The lowest BCUT2D eigenvalue weighted by atomic mass is 10.1. The maximum absolute atomic E-state index is 11.5. The summed E-state index contributed by atoms with van der Waals surface area (Å²) in [4.78, 5) is 2.21. The number of anilines is 2. The standard InChI is InChI=1S/C13H21N3O2S/c1-2-16(10-6-3-4-7-10)11-8-5-9-12(13(11)14)19(15,17)18/h5,8-10H,2-4,6-7,14H2,1H3,(H2,15,17,18). The van der Waals surface area contributed by atoms with Crippen LogP contribution in [0.5, 0.6) is 0 Å². The molecule has 0 radical (unpaired) electrons. The van der Waals surface area contributed by atoms with E-state index < -0.39 is 10.0 Å². The van der Waals surface area contributed by atoms with Crippen molar-refractivity contribution in [1.82, 2.24) is 0 Å². The second-order valence-electron chi connectivity index (χ2n) is 4.96. The van der Waals surface area contributed by atoms with Crippen molar-refractivity contribution < 1.29 is 8.42 Å². The molecule has 5 nitrogen and oxygen atoms in total. The first-order valence-corrected chi connectivity index (χ1v) is 8.17. The van der Waals surface area contributed by atoms with Gasteiger partial charge >= 0.3 is 0 Å². The smallest absolute Gasteiger partial charge is 0.240 e. The number of sulfonamides is 1. The third-order valence-electron chi connectivity index (χ3n) is 3.77. The molecule has 1 aliphatic rings. The zero-order valence-corrected chi connectivity index (χ0v) is 12.0. The average Bonchev–Trinajstić information content (AvgIpc) is 2.84. The molecule has 1 saturated carbocycles. The van der Waals surface area contributed by atoms with Crippen LogP contribution >= 0.6 is 0 Å². The van der Waals surface area contributed by atoms with Crippen molar-refractivity contribution >= 4 is 21.4 Å². The van der Waals surface area contributed by atoms with E-state index in [4.69, 9.17) is 10.9 Å². The molecule has 0 atom stereocenters. The van der Waals surface area contributed by atoms with Crippen molar-refractivity contribution in [3.05, 3.63) is 18.2 Å². The molecule has 0 saturated heterocycles. The molecule has 1 aliphatic carbocycles. The van der Waals surface area contributed by atoms with Crippen LogP contribution < -0.4 is 15.8 Å². The number of hydrogen-bond donors (Lipinski definition) is 2. The Bertz CT molecular complexity index is 551. The fraction of sp³-hybridized carbons (Fsp3) is 0.538. The van der Waals surface area contributed by atoms with Crippen LogP contribution in [0.3, 0.4) is 0 Å². The highest BCUT2D eigenvalue weighted by Crippen LogP contribution is 2.34. The van der Waals surface area contributed by atoms with Crippen LogP contribution in [0, 0.1) is 0 Å². The summed E-state index contributed by atoms with van der Waals surface area (Å²) in [5, 5.41) is 5.20. The van der Waals surface area contributed by atoms with Crippen molar-refractivity contribution in [2.24, 2.45) is 5.14 Å². The molecule has 6 heteroatoms. The van der Waals surface area contributed by atoms with Gasteiger partial charge in [-0.3, -0.25) is 0 Å². The molecule has 0 aliphatic heterocycles. The molecule has 4 N–H and O–H groups in total. The van der Waals surface area contributed by atoms with Crippen LogP contribution in [-0.2, 0) is 10.0 Å². The number of nitrogens with zero attached hydrogens (tertiary/aromatic N) is 1. The third kappa shape index (κ3) is 2.84. The molecule has 0 bridgehead atoms. The summed E-state index contributed by atoms with van der Waals surface area (Å²) in [5.41, 5.74) is 7.05. The van der Waals surface area contributed by atoms with Gasteiger partial charge in [-0.2, -0.15) is 0 Å². The van der Waals surface area contributed by atoms with Gasteiger partial charge in [-0.1, -0.05) is 18.9 Å². The van der Waals surface area contributed by atoms with Crippen LogP contribution in [0.1, 0.15) is 32.6 Å². The van der Waals surface area contributed by atoms with Gasteiger partial charge in [0.25, 0.3) is 0 Å². The maximum atomic E-state index is 11.5. The van der Waals surface area contributed by atoms with Crippen LogP contribution in [0.4, 0.5) is 11.4 Å². The Kier molecular flexibility index (Phi) is 4.01. The molecule has 0 spiro atoms. The minimum Gasteiger partial charge on any atom is -0.396 e. The summed E-state index contributed by atoms with van der Waals surface area (Å²) in [5.74, 6) is 0. The first-order valence-electron chi connectivity index (χ1n) is 6.63. The van der Waals surface area contributed by atoms with E-state index in [0.717, 1.165) is 25.1 Å². The number of primary sulfonamides is 1. The molecule has 0 amide bonds. The van der Waals surface area contributed by atoms with Gasteiger partial charge in [0.2, 0.25) is 10.0 Å². The molecule has 0 unspecified atom stereocenters. The van der Waals surface area contributed by atoms with Crippen LogP contribution in [0.2, 0.25) is 0 Å². The number of hydrogen-bond acceptors (Lipinski definition) is 4. The van der Waals surface area contributed by atoms with Crippen LogP contribution in [0.25, 0.3) is 0 Å². The summed E-state index contributed by atoms with van der Waals surface area (Å²) in [6.45, 7) is 2.87. The largest absolute Gasteiger partial charge is 0.396 e. The number of nitrogen functional groups attached to an aromatic ring is 1. The zero-order valence-electron chi connectivity index (χ0n) is 11.2. The summed E-state index contributed by atoms with van der Waals surface area (Å²) in [6, 6.07) is 5.47. The zero-order chi connectivity index (χ0) is 14.0. The lowest BCUT2D eigenvalue weighted by Crippen LogP contribution is -2.34. The van der Waals surface area contributed by atoms with E-state index >= 15 is 0 Å². The van der Waals surface area contributed by atoms with Gasteiger partial charge in [0, 0.05) is 12.6 Å². The van der Waals surface area contributed by atoms with Crippen molar-refractivity contribution in [2.45, 2.75) is 43.5 Å². The Morgan fingerprint density at radius 3 is 2.47 bits per heavy atom. The Hall–Kier alpha value is -1.27. The molecular weight excluding hydrogens is 262 g/mol.